The van der Waals surface area contributed by atoms with Crippen molar-refractivity contribution in [3.63, 3.8) is 0 Å². The fourth-order valence-corrected chi connectivity index (χ4v) is 2.17. The summed E-state index contributed by atoms with van der Waals surface area (Å²) in [5.74, 6) is 0. The van der Waals surface area contributed by atoms with Crippen LogP contribution in [0.2, 0.25) is 6.32 Å². The molecule has 0 aromatic heterocycles. The summed E-state index contributed by atoms with van der Waals surface area (Å²) in [4.78, 5) is 0. The van der Waals surface area contributed by atoms with E-state index in [9.17, 15) is 0 Å². The highest BCUT2D eigenvalue weighted by molar-refractivity contribution is 6.45. The van der Waals surface area contributed by atoms with Gasteiger partial charge in [-0.2, -0.15) is 0 Å². The maximum absolute atomic E-state index is 5.78. The fourth-order valence-electron chi connectivity index (χ4n) is 2.17. The van der Waals surface area contributed by atoms with Gasteiger partial charge in [0.1, 0.15) is 0 Å². The van der Waals surface area contributed by atoms with E-state index in [2.05, 4.69) is 20.8 Å². The zero-order valence-corrected chi connectivity index (χ0v) is 10.5. The second-order valence-corrected chi connectivity index (χ2v) is 4.56. The van der Waals surface area contributed by atoms with E-state index in [-0.39, 0.29) is 7.12 Å². The molecule has 2 fully saturated rings. The van der Waals surface area contributed by atoms with Gasteiger partial charge in [0.15, 0.2) is 0 Å². The Morgan fingerprint density at radius 3 is 1.87 bits per heavy atom. The van der Waals surface area contributed by atoms with Crippen molar-refractivity contribution in [2.75, 3.05) is 0 Å². The van der Waals surface area contributed by atoms with Crippen molar-refractivity contribution in [2.24, 2.45) is 0 Å². The summed E-state index contributed by atoms with van der Waals surface area (Å²) < 4.78 is 11.6. The highest BCUT2D eigenvalue weighted by atomic mass is 16.7. The zero-order chi connectivity index (χ0) is 11.1. The Morgan fingerprint density at radius 2 is 1.47 bits per heavy atom. The molecule has 2 rings (SSSR count). The lowest BCUT2D eigenvalue weighted by atomic mass is 9.84. The number of hydrogen-bond acceptors (Lipinski definition) is 2. The Morgan fingerprint density at radius 1 is 1.00 bits per heavy atom. The topological polar surface area (TPSA) is 18.5 Å². The molecule has 0 N–H and O–H groups in total. The van der Waals surface area contributed by atoms with Crippen LogP contribution in [0.4, 0.5) is 0 Å². The normalized spacial score (nSPS) is 29.4. The molecule has 1 aliphatic carbocycles. The van der Waals surface area contributed by atoms with E-state index in [0.717, 1.165) is 12.7 Å². The minimum Gasteiger partial charge on any atom is -0.406 e. The van der Waals surface area contributed by atoms with Gasteiger partial charge in [0.2, 0.25) is 0 Å². The van der Waals surface area contributed by atoms with Crippen LogP contribution in [-0.4, -0.2) is 19.3 Å². The molecular formula is C12H25BO2. The van der Waals surface area contributed by atoms with Crippen LogP contribution in [0.5, 0.6) is 0 Å². The quantitative estimate of drug-likeness (QED) is 0.650. The van der Waals surface area contributed by atoms with E-state index < -0.39 is 0 Å². The highest BCUT2D eigenvalue weighted by Crippen LogP contribution is 2.31. The average Bonchev–Trinajstić information content (AvgIpc) is 2.61. The van der Waals surface area contributed by atoms with Gasteiger partial charge in [0.25, 0.3) is 0 Å². The second-order valence-electron chi connectivity index (χ2n) is 4.56. The van der Waals surface area contributed by atoms with E-state index in [1.54, 1.807) is 0 Å². The Bertz CT molecular complexity index is 150. The van der Waals surface area contributed by atoms with Gasteiger partial charge in [-0.3, -0.25) is 0 Å². The van der Waals surface area contributed by atoms with Gasteiger partial charge in [-0.1, -0.05) is 46.5 Å². The van der Waals surface area contributed by atoms with Crippen LogP contribution in [0, 0.1) is 0 Å². The maximum Gasteiger partial charge on any atom is 0.457 e. The summed E-state index contributed by atoms with van der Waals surface area (Å²) in [6, 6.07) is 0. The molecule has 15 heavy (non-hydrogen) atoms. The van der Waals surface area contributed by atoms with Gasteiger partial charge < -0.3 is 9.31 Å². The number of hydrogen-bond donors (Lipinski definition) is 0. The van der Waals surface area contributed by atoms with Gasteiger partial charge >= 0.3 is 7.12 Å². The first-order valence-corrected chi connectivity index (χ1v) is 6.62. The molecule has 0 spiro atoms. The molecule has 0 amide bonds. The van der Waals surface area contributed by atoms with Crippen molar-refractivity contribution in [2.45, 2.75) is 77.8 Å². The van der Waals surface area contributed by atoms with Crippen LogP contribution in [-0.2, 0) is 9.31 Å². The smallest absolute Gasteiger partial charge is 0.406 e. The molecule has 88 valence electrons. The second kappa shape index (κ2) is 7.29. The van der Waals surface area contributed by atoms with Crippen molar-refractivity contribution >= 4 is 7.12 Å². The van der Waals surface area contributed by atoms with Crippen LogP contribution in [0.1, 0.15) is 59.3 Å². The molecule has 1 aliphatic heterocycles. The predicted octanol–water partition coefficient (Wildman–Crippen LogP) is 3.66. The van der Waals surface area contributed by atoms with Gasteiger partial charge in [-0.15, -0.1) is 0 Å². The van der Waals surface area contributed by atoms with Crippen LogP contribution in [0.25, 0.3) is 0 Å². The molecule has 0 radical (unpaired) electrons. The third-order valence-electron chi connectivity index (χ3n) is 2.82. The molecular weight excluding hydrogens is 187 g/mol. The van der Waals surface area contributed by atoms with Crippen molar-refractivity contribution in [1.29, 1.82) is 0 Å². The third kappa shape index (κ3) is 4.16. The SMILES string of the molecule is CCC.CCCB1OC2CCCCC2O1. The maximum atomic E-state index is 5.78. The van der Waals surface area contributed by atoms with Crippen molar-refractivity contribution in [3.05, 3.63) is 0 Å². The predicted molar refractivity (Wildman–Crippen MR) is 65.0 cm³/mol. The summed E-state index contributed by atoms with van der Waals surface area (Å²) in [5.41, 5.74) is 0. The lowest BCUT2D eigenvalue weighted by molar-refractivity contribution is 0.110. The van der Waals surface area contributed by atoms with E-state index in [1.807, 2.05) is 0 Å². The molecule has 1 saturated heterocycles. The third-order valence-corrected chi connectivity index (χ3v) is 2.82. The molecule has 2 unspecified atom stereocenters. The van der Waals surface area contributed by atoms with Gasteiger partial charge in [0, 0.05) is 0 Å². The molecule has 3 heteroatoms. The van der Waals surface area contributed by atoms with Gasteiger partial charge in [0.05, 0.1) is 12.2 Å². The summed E-state index contributed by atoms with van der Waals surface area (Å²) in [7, 11) is 0.114. The number of rotatable bonds is 2. The standard InChI is InChI=1S/C9H17BO2.C3H8/c1-2-7-10-11-8-5-3-4-6-9(8)12-10;1-3-2/h8-9H,2-7H2,1H3;3H2,1-2H3. The van der Waals surface area contributed by atoms with Crippen LogP contribution in [0.3, 0.4) is 0 Å². The molecule has 2 aliphatic rings. The van der Waals surface area contributed by atoms with E-state index in [1.165, 1.54) is 32.1 Å². The fraction of sp³-hybridized carbons (Fsp3) is 1.00. The Hall–Kier alpha value is -0.0151. The first-order chi connectivity index (χ1) is 7.31. The molecule has 1 saturated carbocycles. The highest BCUT2D eigenvalue weighted by Gasteiger charge is 2.39. The van der Waals surface area contributed by atoms with Crippen molar-refractivity contribution in [1.82, 2.24) is 0 Å². The minimum atomic E-state index is 0.114. The first-order valence-electron chi connectivity index (χ1n) is 6.62. The Labute approximate surface area is 94.9 Å². The summed E-state index contributed by atoms with van der Waals surface area (Å²) in [5, 5.41) is 0. The number of fused-ring (bicyclic) bond motifs is 1. The lowest BCUT2D eigenvalue weighted by Crippen LogP contribution is -2.25. The molecule has 0 aromatic carbocycles. The van der Waals surface area contributed by atoms with E-state index in [4.69, 9.17) is 9.31 Å². The van der Waals surface area contributed by atoms with Gasteiger partial charge in [-0.05, 0) is 19.2 Å². The largest absolute Gasteiger partial charge is 0.457 e. The molecule has 0 aromatic rings. The van der Waals surface area contributed by atoms with E-state index >= 15 is 0 Å². The molecule has 2 nitrogen and oxygen atoms in total. The molecule has 0 bridgehead atoms. The van der Waals surface area contributed by atoms with Crippen LogP contribution in [0.15, 0.2) is 0 Å². The summed E-state index contributed by atoms with van der Waals surface area (Å²) >= 11 is 0. The van der Waals surface area contributed by atoms with Gasteiger partial charge in [-0.25, -0.2) is 0 Å². The van der Waals surface area contributed by atoms with Crippen molar-refractivity contribution in [3.8, 4) is 0 Å². The zero-order valence-electron chi connectivity index (χ0n) is 10.5. The first kappa shape index (κ1) is 13.1. The minimum absolute atomic E-state index is 0.114. The molecule has 2 atom stereocenters. The van der Waals surface area contributed by atoms with E-state index in [0.29, 0.717) is 12.2 Å². The average molecular weight is 212 g/mol. The van der Waals surface area contributed by atoms with Crippen molar-refractivity contribution < 1.29 is 9.31 Å². The lowest BCUT2D eigenvalue weighted by Gasteiger charge is -2.22. The summed E-state index contributed by atoms with van der Waals surface area (Å²) in [6.07, 6.45) is 9.39. The Balaban J connectivity index is 0.000000337. The van der Waals surface area contributed by atoms with Crippen LogP contribution >= 0.6 is 0 Å². The van der Waals surface area contributed by atoms with Crippen LogP contribution < -0.4 is 0 Å². The summed E-state index contributed by atoms with van der Waals surface area (Å²) in [6.45, 7) is 6.43. The molecule has 1 heterocycles. The Kier molecular flexibility index (Phi) is 6.34. The monoisotopic (exact) mass is 212 g/mol.